The van der Waals surface area contributed by atoms with Gasteiger partial charge in [0.05, 0.1) is 19.9 Å². The average Bonchev–Trinajstić information content (AvgIpc) is 2.77. The van der Waals surface area contributed by atoms with Crippen LogP contribution in [0.3, 0.4) is 0 Å². The zero-order chi connectivity index (χ0) is 20.5. The first-order valence-corrected chi connectivity index (χ1v) is 9.21. The summed E-state index contributed by atoms with van der Waals surface area (Å²) in [5.41, 5.74) is 2.68. The molecule has 0 aliphatic heterocycles. The molecule has 6 nitrogen and oxygen atoms in total. The van der Waals surface area contributed by atoms with Crippen molar-refractivity contribution in [3.05, 3.63) is 78.4 Å². The van der Waals surface area contributed by atoms with Gasteiger partial charge in [0.25, 0.3) is 5.91 Å². The van der Waals surface area contributed by atoms with Crippen molar-refractivity contribution in [2.45, 2.75) is 6.54 Å². The number of ether oxygens (including phenoxy) is 3. The molecule has 0 heterocycles. The molecule has 0 saturated carbocycles. The highest BCUT2D eigenvalue weighted by Crippen LogP contribution is 2.29. The van der Waals surface area contributed by atoms with E-state index in [0.717, 1.165) is 11.3 Å². The van der Waals surface area contributed by atoms with Crippen molar-refractivity contribution in [3.63, 3.8) is 0 Å². The molecule has 0 fully saturated rings. The lowest BCUT2D eigenvalue weighted by Crippen LogP contribution is -2.20. The summed E-state index contributed by atoms with van der Waals surface area (Å²) >= 11 is 0. The summed E-state index contributed by atoms with van der Waals surface area (Å²) in [4.78, 5) is 12.2. The highest BCUT2D eigenvalue weighted by molar-refractivity contribution is 5.93. The van der Waals surface area contributed by atoms with Crippen molar-refractivity contribution in [1.29, 1.82) is 0 Å². The second-order valence-corrected chi connectivity index (χ2v) is 6.24. The molecule has 2 N–H and O–H groups in total. The van der Waals surface area contributed by atoms with Gasteiger partial charge in [-0.25, -0.2) is 0 Å². The number of hydrogen-bond acceptors (Lipinski definition) is 5. The Morgan fingerprint density at radius 3 is 2.31 bits per heavy atom. The molecule has 0 atom stereocenters. The zero-order valence-corrected chi connectivity index (χ0v) is 16.5. The average molecular weight is 392 g/mol. The minimum Gasteiger partial charge on any atom is -0.495 e. The Kier molecular flexibility index (Phi) is 6.95. The molecule has 29 heavy (non-hydrogen) atoms. The fraction of sp³-hybridized carbons (Fsp3) is 0.174. The standard InChI is InChI=1S/C23H24N2O4/c1-27-20-11-7-6-10-19(20)25-23(26)16-29-21-13-12-17(14-22(21)28-2)15-24-18-8-4-3-5-9-18/h3-14,24H,15-16H2,1-2H3,(H,25,26). The number of methoxy groups -OCH3 is 2. The SMILES string of the molecule is COc1ccccc1NC(=O)COc1ccc(CNc2ccccc2)cc1OC. The van der Waals surface area contributed by atoms with Gasteiger partial charge in [-0.05, 0) is 42.0 Å². The van der Waals surface area contributed by atoms with E-state index in [0.29, 0.717) is 29.5 Å². The van der Waals surface area contributed by atoms with Crippen LogP contribution in [0.5, 0.6) is 17.2 Å². The molecule has 0 aliphatic carbocycles. The van der Waals surface area contributed by atoms with E-state index >= 15 is 0 Å². The number of carbonyl (C=O) groups excluding carboxylic acids is 1. The van der Waals surface area contributed by atoms with Gasteiger partial charge in [0.2, 0.25) is 0 Å². The van der Waals surface area contributed by atoms with E-state index in [9.17, 15) is 4.79 Å². The van der Waals surface area contributed by atoms with Crippen LogP contribution in [0, 0.1) is 0 Å². The molecule has 0 aliphatic rings. The van der Waals surface area contributed by atoms with Crippen LogP contribution in [0.4, 0.5) is 11.4 Å². The minimum atomic E-state index is -0.286. The Bertz CT molecular complexity index is 945. The highest BCUT2D eigenvalue weighted by atomic mass is 16.5. The molecule has 0 unspecified atom stereocenters. The first-order valence-electron chi connectivity index (χ1n) is 9.21. The van der Waals surface area contributed by atoms with E-state index in [1.807, 2.05) is 54.6 Å². The van der Waals surface area contributed by atoms with Gasteiger partial charge in [0.1, 0.15) is 5.75 Å². The van der Waals surface area contributed by atoms with E-state index in [4.69, 9.17) is 14.2 Å². The molecule has 0 saturated heterocycles. The number of benzene rings is 3. The molecule has 0 spiro atoms. The Morgan fingerprint density at radius 1 is 0.828 bits per heavy atom. The predicted molar refractivity (Wildman–Crippen MR) is 114 cm³/mol. The molecule has 6 heteroatoms. The van der Waals surface area contributed by atoms with E-state index < -0.39 is 0 Å². The van der Waals surface area contributed by atoms with Gasteiger partial charge in [0, 0.05) is 12.2 Å². The van der Waals surface area contributed by atoms with Gasteiger partial charge in [-0.15, -0.1) is 0 Å². The quantitative estimate of drug-likeness (QED) is 0.567. The maximum Gasteiger partial charge on any atom is 0.262 e. The summed E-state index contributed by atoms with van der Waals surface area (Å²) in [7, 11) is 3.13. The first kappa shape index (κ1) is 20.1. The minimum absolute atomic E-state index is 0.143. The van der Waals surface area contributed by atoms with Crippen LogP contribution in [0.1, 0.15) is 5.56 Å². The van der Waals surface area contributed by atoms with E-state index in [-0.39, 0.29) is 12.5 Å². The fourth-order valence-corrected chi connectivity index (χ4v) is 2.78. The lowest BCUT2D eigenvalue weighted by atomic mass is 10.2. The number of para-hydroxylation sites is 3. The van der Waals surface area contributed by atoms with Crippen LogP contribution in [0.25, 0.3) is 0 Å². The molecule has 0 aromatic heterocycles. The molecular weight excluding hydrogens is 368 g/mol. The number of nitrogens with one attached hydrogen (secondary N) is 2. The maximum absolute atomic E-state index is 12.2. The van der Waals surface area contributed by atoms with Crippen LogP contribution in [-0.2, 0) is 11.3 Å². The Hall–Kier alpha value is -3.67. The Labute approximate surface area is 170 Å². The van der Waals surface area contributed by atoms with Crippen LogP contribution >= 0.6 is 0 Å². The van der Waals surface area contributed by atoms with Crippen molar-refractivity contribution in [1.82, 2.24) is 0 Å². The molecule has 1 amide bonds. The molecule has 0 bridgehead atoms. The zero-order valence-electron chi connectivity index (χ0n) is 16.5. The lowest BCUT2D eigenvalue weighted by molar-refractivity contribution is -0.118. The maximum atomic E-state index is 12.2. The third-order valence-corrected chi connectivity index (χ3v) is 4.24. The normalized spacial score (nSPS) is 10.1. The van der Waals surface area contributed by atoms with E-state index in [1.54, 1.807) is 32.4 Å². The predicted octanol–water partition coefficient (Wildman–Crippen LogP) is 4.33. The summed E-state index contributed by atoms with van der Waals surface area (Å²) in [6.45, 7) is 0.505. The molecule has 3 rings (SSSR count). The molecule has 0 radical (unpaired) electrons. The van der Waals surface area contributed by atoms with E-state index in [2.05, 4.69) is 10.6 Å². The summed E-state index contributed by atoms with van der Waals surface area (Å²) in [6, 6.07) is 22.8. The van der Waals surface area contributed by atoms with Crippen LogP contribution < -0.4 is 24.8 Å². The molecule has 3 aromatic rings. The van der Waals surface area contributed by atoms with Gasteiger partial charge >= 0.3 is 0 Å². The van der Waals surface area contributed by atoms with Crippen LogP contribution in [0.15, 0.2) is 72.8 Å². The number of hydrogen-bond donors (Lipinski definition) is 2. The van der Waals surface area contributed by atoms with Gasteiger partial charge in [0.15, 0.2) is 18.1 Å². The lowest BCUT2D eigenvalue weighted by Gasteiger charge is -2.14. The van der Waals surface area contributed by atoms with Gasteiger partial charge in [-0.1, -0.05) is 36.4 Å². The third-order valence-electron chi connectivity index (χ3n) is 4.24. The van der Waals surface area contributed by atoms with Crippen molar-refractivity contribution in [2.75, 3.05) is 31.5 Å². The number of rotatable bonds is 9. The first-order chi connectivity index (χ1) is 14.2. The Morgan fingerprint density at radius 2 is 1.55 bits per heavy atom. The van der Waals surface area contributed by atoms with Gasteiger partial charge in [-0.3, -0.25) is 4.79 Å². The summed E-state index contributed by atoms with van der Waals surface area (Å²) < 4.78 is 16.3. The Balaban J connectivity index is 1.58. The summed E-state index contributed by atoms with van der Waals surface area (Å²) in [6.07, 6.45) is 0. The topological polar surface area (TPSA) is 68.8 Å². The number of carbonyl (C=O) groups is 1. The molecular formula is C23H24N2O4. The number of anilines is 2. The van der Waals surface area contributed by atoms with Gasteiger partial charge < -0.3 is 24.8 Å². The molecule has 3 aromatic carbocycles. The smallest absolute Gasteiger partial charge is 0.262 e. The van der Waals surface area contributed by atoms with E-state index in [1.165, 1.54) is 0 Å². The fourth-order valence-electron chi connectivity index (χ4n) is 2.78. The number of amides is 1. The highest BCUT2D eigenvalue weighted by Gasteiger charge is 2.11. The second-order valence-electron chi connectivity index (χ2n) is 6.24. The van der Waals surface area contributed by atoms with Crippen LogP contribution in [0.2, 0.25) is 0 Å². The summed E-state index contributed by atoms with van der Waals surface area (Å²) in [5, 5.41) is 6.13. The van der Waals surface area contributed by atoms with Gasteiger partial charge in [-0.2, -0.15) is 0 Å². The van der Waals surface area contributed by atoms with Crippen LogP contribution in [-0.4, -0.2) is 26.7 Å². The van der Waals surface area contributed by atoms with Crippen molar-refractivity contribution in [3.8, 4) is 17.2 Å². The van der Waals surface area contributed by atoms with Crippen molar-refractivity contribution < 1.29 is 19.0 Å². The van der Waals surface area contributed by atoms with Crippen molar-refractivity contribution >= 4 is 17.3 Å². The monoisotopic (exact) mass is 392 g/mol. The molecule has 150 valence electrons. The van der Waals surface area contributed by atoms with Crippen molar-refractivity contribution in [2.24, 2.45) is 0 Å². The summed E-state index contributed by atoms with van der Waals surface area (Å²) in [5.74, 6) is 1.38. The largest absolute Gasteiger partial charge is 0.495 e. The third kappa shape index (κ3) is 5.65. The second kappa shape index (κ2) is 10.0.